The third kappa shape index (κ3) is 5.62. The second-order valence-corrected chi connectivity index (χ2v) is 11.6. The first-order valence-corrected chi connectivity index (χ1v) is 14.2. The fourth-order valence-corrected chi connectivity index (χ4v) is 4.11. The molecule has 166 valence electrons. The molecule has 4 rings (SSSR count). The maximum absolute atomic E-state index is 6.09. The number of ether oxygens (including phenoxy) is 2. The molecule has 4 aromatic rings. The summed E-state index contributed by atoms with van der Waals surface area (Å²) in [7, 11) is 1.34. The lowest BCUT2D eigenvalue weighted by atomic mass is 10.1. The van der Waals surface area contributed by atoms with Gasteiger partial charge in [-0.25, -0.2) is 4.68 Å². The molecule has 0 saturated heterocycles. The maximum Gasteiger partial charge on any atom is 0.139 e. The third-order valence-corrected chi connectivity index (χ3v) is 6.62. The van der Waals surface area contributed by atoms with Crippen molar-refractivity contribution in [2.24, 2.45) is 0 Å². The highest BCUT2D eigenvalue weighted by Crippen LogP contribution is 2.28. The first-order valence-electron chi connectivity index (χ1n) is 11.0. The molecule has 0 radical (unpaired) electrons. The molecular weight excluding hydrogens is 416 g/mol. The van der Waals surface area contributed by atoms with Gasteiger partial charge in [-0.05, 0) is 67.7 Å². The largest absolute Gasteiger partial charge is 0.457 e. The van der Waals surface area contributed by atoms with Crippen LogP contribution in [-0.2, 0) is 18.0 Å². The van der Waals surface area contributed by atoms with Crippen LogP contribution in [0.25, 0.3) is 22.2 Å². The number of nitrogens with zero attached hydrogens (tertiary/aromatic N) is 3. The molecule has 0 saturated carbocycles. The van der Waals surface area contributed by atoms with Gasteiger partial charge in [0.1, 0.15) is 18.2 Å². The summed E-state index contributed by atoms with van der Waals surface area (Å²) in [6.07, 6.45) is 1.81. The Morgan fingerprint density at radius 1 is 0.969 bits per heavy atom. The van der Waals surface area contributed by atoms with Crippen molar-refractivity contribution < 1.29 is 9.47 Å². The lowest BCUT2D eigenvalue weighted by molar-refractivity contribution is 0.0801. The molecular formula is C25H30N4O2Si. The van der Waals surface area contributed by atoms with Crippen LogP contribution in [0.15, 0.2) is 66.9 Å². The number of nitrogens with one attached hydrogen (secondary N) is 1. The van der Waals surface area contributed by atoms with Crippen LogP contribution in [0.3, 0.4) is 0 Å². The lowest BCUT2D eigenvalue weighted by Gasteiger charge is -2.11. The SMILES string of the molecule is CNCc1ccc2cc(Oc3ccc(-c4ccnn4COCC[SiH](C)C)cc3)ccc2n1. The smallest absolute Gasteiger partial charge is 0.139 e. The molecule has 0 fully saturated rings. The van der Waals surface area contributed by atoms with Crippen molar-refractivity contribution in [1.29, 1.82) is 0 Å². The number of pyridine rings is 1. The van der Waals surface area contributed by atoms with Gasteiger partial charge in [-0.1, -0.05) is 19.2 Å². The van der Waals surface area contributed by atoms with E-state index in [0.717, 1.165) is 52.5 Å². The first kappa shape index (κ1) is 22.2. The highest BCUT2D eigenvalue weighted by atomic mass is 28.3. The van der Waals surface area contributed by atoms with Crippen LogP contribution in [0.5, 0.6) is 11.5 Å². The zero-order valence-corrected chi connectivity index (χ0v) is 20.1. The molecule has 0 spiro atoms. The van der Waals surface area contributed by atoms with Crippen LogP contribution >= 0.6 is 0 Å². The zero-order chi connectivity index (χ0) is 22.3. The molecule has 2 aromatic carbocycles. The van der Waals surface area contributed by atoms with Gasteiger partial charge in [-0.15, -0.1) is 0 Å². The fourth-order valence-electron chi connectivity index (χ4n) is 3.47. The lowest BCUT2D eigenvalue weighted by Crippen LogP contribution is -2.10. The number of fused-ring (bicyclic) bond motifs is 1. The van der Waals surface area contributed by atoms with Gasteiger partial charge >= 0.3 is 0 Å². The van der Waals surface area contributed by atoms with Crippen molar-refractivity contribution in [2.75, 3.05) is 13.7 Å². The van der Waals surface area contributed by atoms with Crippen molar-refractivity contribution in [3.63, 3.8) is 0 Å². The van der Waals surface area contributed by atoms with Gasteiger partial charge in [0.05, 0.1) is 16.9 Å². The molecule has 1 N–H and O–H groups in total. The zero-order valence-electron chi connectivity index (χ0n) is 18.9. The molecule has 6 nitrogen and oxygen atoms in total. The van der Waals surface area contributed by atoms with Crippen LogP contribution in [0, 0.1) is 0 Å². The summed E-state index contributed by atoms with van der Waals surface area (Å²) in [5, 5.41) is 8.60. The molecule has 0 bridgehead atoms. The summed E-state index contributed by atoms with van der Waals surface area (Å²) in [4.78, 5) is 4.66. The van der Waals surface area contributed by atoms with Gasteiger partial charge in [0.15, 0.2) is 0 Å². The molecule has 0 amide bonds. The van der Waals surface area contributed by atoms with Gasteiger partial charge in [-0.3, -0.25) is 4.98 Å². The van der Waals surface area contributed by atoms with Crippen LogP contribution in [-0.4, -0.2) is 37.2 Å². The van der Waals surface area contributed by atoms with Crippen molar-refractivity contribution in [2.45, 2.75) is 32.4 Å². The standard InChI is InChI=1S/C25H30N4O2Si/c1-26-17-21-7-4-20-16-23(10-11-24(20)28-21)31-22-8-5-19(6-9-22)25-12-13-27-29(25)18-30-14-15-32(2)3/h4-13,16,26,32H,14-15,17-18H2,1-3H3. The Labute approximate surface area is 190 Å². The second kappa shape index (κ2) is 10.5. The molecule has 7 heteroatoms. The minimum Gasteiger partial charge on any atom is -0.457 e. The third-order valence-electron chi connectivity index (χ3n) is 5.23. The van der Waals surface area contributed by atoms with E-state index >= 15 is 0 Å². The summed E-state index contributed by atoms with van der Waals surface area (Å²) in [6.45, 7) is 6.70. The Bertz CT molecular complexity index is 1160. The summed E-state index contributed by atoms with van der Waals surface area (Å²) in [5.74, 6) is 1.58. The van der Waals surface area contributed by atoms with Crippen molar-refractivity contribution in [1.82, 2.24) is 20.1 Å². The van der Waals surface area contributed by atoms with Crippen LogP contribution < -0.4 is 10.1 Å². The Hall–Kier alpha value is -3.00. The number of hydrogen-bond acceptors (Lipinski definition) is 5. The fraction of sp³-hybridized carbons (Fsp3) is 0.280. The van der Waals surface area contributed by atoms with E-state index in [2.05, 4.69) is 46.7 Å². The van der Waals surface area contributed by atoms with Crippen molar-refractivity contribution in [3.8, 4) is 22.8 Å². The predicted molar refractivity (Wildman–Crippen MR) is 132 cm³/mol. The van der Waals surface area contributed by atoms with E-state index < -0.39 is 8.80 Å². The minimum absolute atomic E-state index is 0.475. The Kier molecular flexibility index (Phi) is 7.31. The molecule has 2 heterocycles. The average Bonchev–Trinajstić information content (AvgIpc) is 3.26. The Morgan fingerprint density at radius 2 is 1.78 bits per heavy atom. The van der Waals surface area contributed by atoms with E-state index in [9.17, 15) is 0 Å². The molecule has 0 aliphatic carbocycles. The normalized spacial score (nSPS) is 11.4. The monoisotopic (exact) mass is 446 g/mol. The van der Waals surface area contributed by atoms with E-state index in [4.69, 9.17) is 9.47 Å². The molecule has 2 aromatic heterocycles. The summed E-state index contributed by atoms with van der Waals surface area (Å²) >= 11 is 0. The maximum atomic E-state index is 6.09. The molecule has 0 atom stereocenters. The highest BCUT2D eigenvalue weighted by molar-refractivity contribution is 6.55. The van der Waals surface area contributed by atoms with E-state index in [1.807, 2.05) is 60.4 Å². The Morgan fingerprint density at radius 3 is 2.56 bits per heavy atom. The number of benzene rings is 2. The molecule has 0 unspecified atom stereocenters. The molecule has 32 heavy (non-hydrogen) atoms. The molecule has 0 aliphatic heterocycles. The molecule has 0 aliphatic rings. The van der Waals surface area contributed by atoms with Crippen LogP contribution in [0.2, 0.25) is 19.1 Å². The first-order chi connectivity index (χ1) is 15.6. The van der Waals surface area contributed by atoms with Crippen LogP contribution in [0.4, 0.5) is 0 Å². The second-order valence-electron chi connectivity index (χ2n) is 8.25. The van der Waals surface area contributed by atoms with Crippen molar-refractivity contribution >= 4 is 19.7 Å². The highest BCUT2D eigenvalue weighted by Gasteiger charge is 2.07. The van der Waals surface area contributed by atoms with Gasteiger partial charge < -0.3 is 14.8 Å². The minimum atomic E-state index is -0.583. The summed E-state index contributed by atoms with van der Waals surface area (Å²) in [6, 6.07) is 21.4. The van der Waals surface area contributed by atoms with Gasteiger partial charge in [-0.2, -0.15) is 5.10 Å². The van der Waals surface area contributed by atoms with Gasteiger partial charge in [0, 0.05) is 39.1 Å². The van der Waals surface area contributed by atoms with E-state index in [0.29, 0.717) is 6.73 Å². The van der Waals surface area contributed by atoms with Gasteiger partial charge in [0.2, 0.25) is 0 Å². The number of aromatic nitrogens is 3. The topological polar surface area (TPSA) is 61.2 Å². The quantitative estimate of drug-likeness (QED) is 0.272. The van der Waals surface area contributed by atoms with Crippen molar-refractivity contribution in [3.05, 3.63) is 72.6 Å². The summed E-state index contributed by atoms with van der Waals surface area (Å²) in [5.41, 5.74) is 4.10. The average molecular weight is 447 g/mol. The number of hydrogen-bond donors (Lipinski definition) is 1. The summed E-state index contributed by atoms with van der Waals surface area (Å²) < 4.78 is 13.8. The van der Waals surface area contributed by atoms with Gasteiger partial charge in [0.25, 0.3) is 0 Å². The number of rotatable bonds is 10. The van der Waals surface area contributed by atoms with E-state index in [1.54, 1.807) is 0 Å². The Balaban J connectivity index is 1.42. The van der Waals surface area contributed by atoms with E-state index in [-0.39, 0.29) is 0 Å². The van der Waals surface area contributed by atoms with E-state index in [1.165, 1.54) is 6.04 Å². The predicted octanol–water partition coefficient (Wildman–Crippen LogP) is 5.07. The van der Waals surface area contributed by atoms with Crippen LogP contribution in [0.1, 0.15) is 5.69 Å².